The molecule has 1 unspecified atom stereocenters. The molecule has 1 aromatic carbocycles. The highest BCUT2D eigenvalue weighted by Crippen LogP contribution is 2.18. The van der Waals surface area contributed by atoms with E-state index in [0.717, 1.165) is 31.2 Å². The Kier molecular flexibility index (Phi) is 8.54. The van der Waals surface area contributed by atoms with Crippen molar-refractivity contribution in [1.29, 1.82) is 0 Å². The van der Waals surface area contributed by atoms with E-state index in [-0.39, 0.29) is 0 Å². The van der Waals surface area contributed by atoms with Gasteiger partial charge in [-0.2, -0.15) is 0 Å². The van der Waals surface area contributed by atoms with E-state index >= 15 is 0 Å². The van der Waals surface area contributed by atoms with Gasteiger partial charge < -0.3 is 5.11 Å². The molecule has 0 aliphatic carbocycles. The number of aliphatic hydroxyl groups excluding tert-OH is 1. The van der Waals surface area contributed by atoms with Crippen molar-refractivity contribution in [2.24, 2.45) is 0 Å². The SMILES string of the molecule is CC(C)=CCCC(C)=CCCC(C)=CC(O)c1ccccc1. The number of rotatable bonds is 8. The number of benzene rings is 1. The molecule has 22 heavy (non-hydrogen) atoms. The zero-order valence-electron chi connectivity index (χ0n) is 14.5. The third-order valence-corrected chi connectivity index (χ3v) is 3.71. The largest absolute Gasteiger partial charge is 0.384 e. The van der Waals surface area contributed by atoms with Crippen LogP contribution in [0.1, 0.15) is 65.0 Å². The van der Waals surface area contributed by atoms with E-state index < -0.39 is 6.10 Å². The maximum atomic E-state index is 10.2. The van der Waals surface area contributed by atoms with Gasteiger partial charge in [-0.15, -0.1) is 0 Å². The molecule has 1 N–H and O–H groups in total. The van der Waals surface area contributed by atoms with Crippen molar-refractivity contribution in [3.8, 4) is 0 Å². The molecule has 0 saturated heterocycles. The molecule has 1 atom stereocenters. The van der Waals surface area contributed by atoms with Gasteiger partial charge in [-0.3, -0.25) is 0 Å². The summed E-state index contributed by atoms with van der Waals surface area (Å²) >= 11 is 0. The van der Waals surface area contributed by atoms with Gasteiger partial charge in [0.05, 0.1) is 6.10 Å². The molecule has 0 fully saturated rings. The van der Waals surface area contributed by atoms with Crippen LogP contribution in [0, 0.1) is 0 Å². The van der Waals surface area contributed by atoms with Gasteiger partial charge in [-0.1, -0.05) is 65.3 Å². The lowest BCUT2D eigenvalue weighted by molar-refractivity contribution is 0.227. The Morgan fingerprint density at radius 1 is 0.909 bits per heavy atom. The molecule has 0 amide bonds. The van der Waals surface area contributed by atoms with Crippen LogP contribution in [0.4, 0.5) is 0 Å². The van der Waals surface area contributed by atoms with Gasteiger partial charge in [0.25, 0.3) is 0 Å². The van der Waals surface area contributed by atoms with Crippen molar-refractivity contribution < 1.29 is 5.11 Å². The lowest BCUT2D eigenvalue weighted by Gasteiger charge is -2.08. The van der Waals surface area contributed by atoms with Crippen LogP contribution in [-0.4, -0.2) is 5.11 Å². The molecule has 0 bridgehead atoms. The first kappa shape index (κ1) is 18.4. The van der Waals surface area contributed by atoms with Crippen LogP contribution in [0.2, 0.25) is 0 Å². The molecule has 0 radical (unpaired) electrons. The van der Waals surface area contributed by atoms with Crippen LogP contribution < -0.4 is 0 Å². The third kappa shape index (κ3) is 7.99. The molecule has 1 heteroatoms. The van der Waals surface area contributed by atoms with Gasteiger partial charge in [0.1, 0.15) is 0 Å². The summed E-state index contributed by atoms with van der Waals surface area (Å²) < 4.78 is 0. The molecular weight excluding hydrogens is 268 g/mol. The molecule has 1 nitrogen and oxygen atoms in total. The number of hydrogen-bond donors (Lipinski definition) is 1. The number of allylic oxidation sites excluding steroid dienone is 5. The molecule has 1 rings (SSSR count). The summed E-state index contributed by atoms with van der Waals surface area (Å²) in [6.07, 6.45) is 10.4. The highest BCUT2D eigenvalue weighted by molar-refractivity contribution is 5.22. The van der Waals surface area contributed by atoms with Crippen molar-refractivity contribution in [3.63, 3.8) is 0 Å². The van der Waals surface area contributed by atoms with E-state index in [0.29, 0.717) is 0 Å². The zero-order valence-corrected chi connectivity index (χ0v) is 14.5. The van der Waals surface area contributed by atoms with E-state index in [1.165, 1.54) is 16.7 Å². The van der Waals surface area contributed by atoms with Crippen molar-refractivity contribution in [1.82, 2.24) is 0 Å². The standard InChI is InChI=1S/C21H30O/c1-17(2)10-8-11-18(3)12-9-13-19(4)16-21(22)20-14-6-5-7-15-20/h5-7,10,12,14-16,21-22H,8-9,11,13H2,1-4H3. The lowest BCUT2D eigenvalue weighted by atomic mass is 10.0. The zero-order chi connectivity index (χ0) is 16.4. The van der Waals surface area contributed by atoms with Crippen LogP contribution >= 0.6 is 0 Å². The Bertz CT molecular complexity index is 516. The fourth-order valence-electron chi connectivity index (χ4n) is 2.34. The smallest absolute Gasteiger partial charge is 0.0974 e. The Labute approximate surface area is 136 Å². The molecule has 0 aliphatic rings. The maximum absolute atomic E-state index is 10.2. The second-order valence-corrected chi connectivity index (χ2v) is 6.28. The van der Waals surface area contributed by atoms with Gasteiger partial charge >= 0.3 is 0 Å². The third-order valence-electron chi connectivity index (χ3n) is 3.71. The highest BCUT2D eigenvalue weighted by atomic mass is 16.3. The van der Waals surface area contributed by atoms with E-state index in [2.05, 4.69) is 39.8 Å². The van der Waals surface area contributed by atoms with Crippen molar-refractivity contribution in [3.05, 3.63) is 70.8 Å². The monoisotopic (exact) mass is 298 g/mol. The summed E-state index contributed by atoms with van der Waals surface area (Å²) in [4.78, 5) is 0. The average molecular weight is 298 g/mol. The number of hydrogen-bond acceptors (Lipinski definition) is 1. The van der Waals surface area contributed by atoms with E-state index in [4.69, 9.17) is 0 Å². The summed E-state index contributed by atoms with van der Waals surface area (Å²) in [6, 6.07) is 9.81. The van der Waals surface area contributed by atoms with Gasteiger partial charge in [0.2, 0.25) is 0 Å². The second kappa shape index (κ2) is 10.2. The average Bonchev–Trinajstić information content (AvgIpc) is 2.47. The molecule has 0 saturated carbocycles. The molecule has 0 heterocycles. The molecular formula is C21H30O. The van der Waals surface area contributed by atoms with Gasteiger partial charge in [-0.05, 0) is 58.9 Å². The Morgan fingerprint density at radius 3 is 2.14 bits per heavy atom. The number of aliphatic hydroxyl groups is 1. The predicted molar refractivity (Wildman–Crippen MR) is 96.8 cm³/mol. The van der Waals surface area contributed by atoms with Gasteiger partial charge in [-0.25, -0.2) is 0 Å². The normalized spacial score (nSPS) is 13.9. The summed E-state index contributed by atoms with van der Waals surface area (Å²) in [5.74, 6) is 0. The predicted octanol–water partition coefficient (Wildman–Crippen LogP) is 6.14. The molecule has 0 aromatic heterocycles. The van der Waals surface area contributed by atoms with E-state index in [9.17, 15) is 5.11 Å². The maximum Gasteiger partial charge on any atom is 0.0974 e. The molecule has 120 valence electrons. The van der Waals surface area contributed by atoms with Crippen LogP contribution in [0.25, 0.3) is 0 Å². The topological polar surface area (TPSA) is 20.2 Å². The summed E-state index contributed by atoms with van der Waals surface area (Å²) in [5.41, 5.74) is 5.04. The molecule has 1 aromatic rings. The van der Waals surface area contributed by atoms with Crippen molar-refractivity contribution in [2.45, 2.75) is 59.5 Å². The Balaban J connectivity index is 2.40. The Hall–Kier alpha value is -1.60. The minimum absolute atomic E-state index is 0.496. The first-order valence-corrected chi connectivity index (χ1v) is 8.18. The summed E-state index contributed by atoms with van der Waals surface area (Å²) in [7, 11) is 0. The van der Waals surface area contributed by atoms with Crippen LogP contribution in [0.5, 0.6) is 0 Å². The lowest BCUT2D eigenvalue weighted by Crippen LogP contribution is -1.94. The van der Waals surface area contributed by atoms with E-state index in [1.54, 1.807) is 0 Å². The van der Waals surface area contributed by atoms with Crippen LogP contribution in [-0.2, 0) is 0 Å². The second-order valence-electron chi connectivity index (χ2n) is 6.28. The minimum atomic E-state index is -0.496. The molecule has 0 spiro atoms. The van der Waals surface area contributed by atoms with Crippen molar-refractivity contribution >= 4 is 0 Å². The quantitative estimate of drug-likeness (QED) is 0.571. The van der Waals surface area contributed by atoms with Gasteiger partial charge in [0.15, 0.2) is 0 Å². The first-order chi connectivity index (χ1) is 10.5. The minimum Gasteiger partial charge on any atom is -0.384 e. The molecule has 0 aliphatic heterocycles. The fourth-order valence-corrected chi connectivity index (χ4v) is 2.34. The van der Waals surface area contributed by atoms with Crippen molar-refractivity contribution in [2.75, 3.05) is 0 Å². The summed E-state index contributed by atoms with van der Waals surface area (Å²) in [5, 5.41) is 10.2. The highest BCUT2D eigenvalue weighted by Gasteiger charge is 2.03. The summed E-state index contributed by atoms with van der Waals surface area (Å²) in [6.45, 7) is 8.59. The first-order valence-electron chi connectivity index (χ1n) is 8.18. The fraction of sp³-hybridized carbons (Fsp3) is 0.429. The van der Waals surface area contributed by atoms with Crippen LogP contribution in [0.3, 0.4) is 0 Å². The van der Waals surface area contributed by atoms with E-state index in [1.807, 2.05) is 36.4 Å². The van der Waals surface area contributed by atoms with Crippen LogP contribution in [0.15, 0.2) is 65.3 Å². The van der Waals surface area contributed by atoms with Gasteiger partial charge in [0, 0.05) is 0 Å². The Morgan fingerprint density at radius 2 is 1.50 bits per heavy atom.